The Morgan fingerprint density at radius 2 is 2.06 bits per heavy atom. The van der Waals surface area contributed by atoms with Crippen LogP contribution in [-0.2, 0) is 4.79 Å². The van der Waals surface area contributed by atoms with Crippen LogP contribution in [0.5, 0.6) is 0 Å². The molecule has 0 saturated carbocycles. The number of hydrogen-bond donors (Lipinski definition) is 2. The summed E-state index contributed by atoms with van der Waals surface area (Å²) in [5.41, 5.74) is 13.0. The molecular weight excluding hydrogens is 214 g/mol. The summed E-state index contributed by atoms with van der Waals surface area (Å²) in [6.45, 7) is 3.84. The molecule has 0 aliphatic carbocycles. The van der Waals surface area contributed by atoms with E-state index in [-0.39, 0.29) is 11.8 Å². The average molecular weight is 233 g/mol. The zero-order valence-corrected chi connectivity index (χ0v) is 10.1. The lowest BCUT2D eigenvalue weighted by atomic mass is 10.1. The van der Waals surface area contributed by atoms with Gasteiger partial charge in [0.15, 0.2) is 0 Å². The van der Waals surface area contributed by atoms with Crippen molar-refractivity contribution in [2.45, 2.75) is 19.4 Å². The summed E-state index contributed by atoms with van der Waals surface area (Å²) in [4.78, 5) is 13.4. The molecule has 4 nitrogen and oxygen atoms in total. The van der Waals surface area contributed by atoms with Crippen LogP contribution in [0.2, 0.25) is 0 Å². The van der Waals surface area contributed by atoms with Crippen molar-refractivity contribution in [2.75, 3.05) is 18.8 Å². The van der Waals surface area contributed by atoms with Crippen LogP contribution in [0.15, 0.2) is 24.3 Å². The van der Waals surface area contributed by atoms with Crippen LogP contribution in [0.1, 0.15) is 24.9 Å². The molecule has 0 radical (unpaired) electrons. The van der Waals surface area contributed by atoms with E-state index in [1.54, 1.807) is 0 Å². The van der Waals surface area contributed by atoms with E-state index < -0.39 is 0 Å². The van der Waals surface area contributed by atoms with Crippen molar-refractivity contribution in [1.29, 1.82) is 0 Å². The summed E-state index contributed by atoms with van der Waals surface area (Å²) in [6, 6.07) is 8.20. The molecule has 92 valence electrons. The second kappa shape index (κ2) is 4.75. The van der Waals surface area contributed by atoms with Gasteiger partial charge in [-0.3, -0.25) is 9.69 Å². The molecular formula is C13H19N3O. The van der Waals surface area contributed by atoms with Gasteiger partial charge in [0.2, 0.25) is 5.91 Å². The topological polar surface area (TPSA) is 72.3 Å². The number of nitrogens with two attached hydrogens (primary N) is 2. The van der Waals surface area contributed by atoms with Crippen molar-refractivity contribution in [3.05, 3.63) is 29.8 Å². The molecule has 0 aromatic heterocycles. The molecule has 4 N–H and O–H groups in total. The van der Waals surface area contributed by atoms with Crippen molar-refractivity contribution in [3.63, 3.8) is 0 Å². The predicted octanol–water partition coefficient (Wildman–Crippen LogP) is 1.14. The van der Waals surface area contributed by atoms with Gasteiger partial charge in [-0.15, -0.1) is 0 Å². The third-order valence-electron chi connectivity index (χ3n) is 3.59. The molecule has 1 fully saturated rings. The van der Waals surface area contributed by atoms with Crippen molar-refractivity contribution in [3.8, 4) is 0 Å². The highest BCUT2D eigenvalue weighted by molar-refractivity contribution is 5.77. The van der Waals surface area contributed by atoms with Crippen molar-refractivity contribution in [2.24, 2.45) is 11.7 Å². The number of likely N-dealkylation sites (tertiary alicyclic amines) is 1. The molecule has 2 unspecified atom stereocenters. The van der Waals surface area contributed by atoms with E-state index in [1.807, 2.05) is 24.3 Å². The molecule has 0 spiro atoms. The summed E-state index contributed by atoms with van der Waals surface area (Å²) in [5.74, 6) is -0.178. The first-order chi connectivity index (χ1) is 8.08. The van der Waals surface area contributed by atoms with Gasteiger partial charge in [-0.1, -0.05) is 12.1 Å². The largest absolute Gasteiger partial charge is 0.399 e. The van der Waals surface area contributed by atoms with Gasteiger partial charge >= 0.3 is 0 Å². The summed E-state index contributed by atoms with van der Waals surface area (Å²) < 4.78 is 0. The zero-order chi connectivity index (χ0) is 12.4. The Labute approximate surface area is 102 Å². The summed E-state index contributed by atoms with van der Waals surface area (Å²) in [6.07, 6.45) is 0.870. The minimum Gasteiger partial charge on any atom is -0.399 e. The molecule has 4 heteroatoms. The minimum atomic E-state index is -0.183. The molecule has 1 amide bonds. The van der Waals surface area contributed by atoms with Crippen molar-refractivity contribution in [1.82, 2.24) is 4.90 Å². The van der Waals surface area contributed by atoms with Gasteiger partial charge in [-0.05, 0) is 37.6 Å². The van der Waals surface area contributed by atoms with E-state index in [1.165, 1.54) is 5.56 Å². The lowest BCUT2D eigenvalue weighted by Crippen LogP contribution is -2.29. The van der Waals surface area contributed by atoms with E-state index >= 15 is 0 Å². The molecule has 1 aliphatic rings. The fourth-order valence-electron chi connectivity index (χ4n) is 2.36. The van der Waals surface area contributed by atoms with E-state index in [9.17, 15) is 4.79 Å². The number of primary amides is 1. The second-order valence-electron chi connectivity index (χ2n) is 4.73. The van der Waals surface area contributed by atoms with Gasteiger partial charge in [-0.2, -0.15) is 0 Å². The summed E-state index contributed by atoms with van der Waals surface area (Å²) >= 11 is 0. The molecule has 1 aromatic rings. The van der Waals surface area contributed by atoms with Crippen LogP contribution < -0.4 is 11.5 Å². The number of nitrogen functional groups attached to an aromatic ring is 1. The molecule has 1 saturated heterocycles. The Hall–Kier alpha value is -1.55. The first-order valence-corrected chi connectivity index (χ1v) is 5.96. The zero-order valence-electron chi connectivity index (χ0n) is 10.1. The number of rotatable bonds is 3. The molecule has 2 rings (SSSR count). The molecule has 2 atom stereocenters. The van der Waals surface area contributed by atoms with Crippen LogP contribution >= 0.6 is 0 Å². The van der Waals surface area contributed by atoms with E-state index in [0.29, 0.717) is 6.04 Å². The number of amides is 1. The second-order valence-corrected chi connectivity index (χ2v) is 4.73. The summed E-state index contributed by atoms with van der Waals surface area (Å²) in [7, 11) is 0. The smallest absolute Gasteiger partial charge is 0.221 e. The maximum atomic E-state index is 11.1. The number of nitrogens with zero attached hydrogens (tertiary/aromatic N) is 1. The lowest BCUT2D eigenvalue weighted by molar-refractivity contribution is -0.121. The third kappa shape index (κ3) is 2.58. The third-order valence-corrected chi connectivity index (χ3v) is 3.59. The van der Waals surface area contributed by atoms with Crippen LogP contribution in [0.4, 0.5) is 5.69 Å². The summed E-state index contributed by atoms with van der Waals surface area (Å²) in [5, 5.41) is 0. The maximum Gasteiger partial charge on any atom is 0.221 e. The quantitative estimate of drug-likeness (QED) is 0.769. The molecule has 0 bridgehead atoms. The van der Waals surface area contributed by atoms with Gasteiger partial charge in [0.1, 0.15) is 0 Å². The predicted molar refractivity (Wildman–Crippen MR) is 68.1 cm³/mol. The fraction of sp³-hybridized carbons (Fsp3) is 0.462. The maximum absolute atomic E-state index is 11.1. The lowest BCUT2D eigenvalue weighted by Gasteiger charge is -2.24. The first kappa shape index (κ1) is 11.9. The highest BCUT2D eigenvalue weighted by Crippen LogP contribution is 2.27. The highest BCUT2D eigenvalue weighted by atomic mass is 16.1. The number of carbonyl (C=O) groups excluding carboxylic acids is 1. The number of carbonyl (C=O) groups is 1. The highest BCUT2D eigenvalue weighted by Gasteiger charge is 2.29. The van der Waals surface area contributed by atoms with Gasteiger partial charge in [-0.25, -0.2) is 0 Å². The van der Waals surface area contributed by atoms with Crippen LogP contribution in [0.3, 0.4) is 0 Å². The number of anilines is 1. The van der Waals surface area contributed by atoms with E-state index in [2.05, 4.69) is 11.8 Å². The Kier molecular flexibility index (Phi) is 3.33. The minimum absolute atomic E-state index is 0.00577. The van der Waals surface area contributed by atoms with Gasteiger partial charge < -0.3 is 11.5 Å². The van der Waals surface area contributed by atoms with E-state index in [0.717, 1.165) is 25.2 Å². The normalized spacial score (nSPS) is 22.5. The van der Waals surface area contributed by atoms with Gasteiger partial charge in [0.25, 0.3) is 0 Å². The Balaban J connectivity index is 2.04. The Morgan fingerprint density at radius 3 is 2.59 bits per heavy atom. The van der Waals surface area contributed by atoms with Crippen LogP contribution in [-0.4, -0.2) is 23.9 Å². The number of benzene rings is 1. The standard InChI is InChI=1S/C13H19N3O/c1-9(10-2-4-12(14)5-3-10)16-7-6-11(8-16)13(15)17/h2-5,9,11H,6-8,14H2,1H3,(H2,15,17). The fourth-order valence-corrected chi connectivity index (χ4v) is 2.36. The Morgan fingerprint density at radius 1 is 1.41 bits per heavy atom. The molecule has 1 heterocycles. The molecule has 17 heavy (non-hydrogen) atoms. The first-order valence-electron chi connectivity index (χ1n) is 5.96. The van der Waals surface area contributed by atoms with Crippen LogP contribution in [0, 0.1) is 5.92 Å². The Bertz CT molecular complexity index is 402. The van der Waals surface area contributed by atoms with Gasteiger partial charge in [0, 0.05) is 18.3 Å². The molecule has 1 aliphatic heterocycles. The van der Waals surface area contributed by atoms with E-state index in [4.69, 9.17) is 11.5 Å². The molecule has 1 aromatic carbocycles. The SMILES string of the molecule is CC(c1ccc(N)cc1)N1CCC(C(N)=O)C1. The van der Waals surface area contributed by atoms with Gasteiger partial charge in [0.05, 0.1) is 5.92 Å². The average Bonchev–Trinajstić information content (AvgIpc) is 2.78. The monoisotopic (exact) mass is 233 g/mol. The van der Waals surface area contributed by atoms with Crippen molar-refractivity contribution >= 4 is 11.6 Å². The van der Waals surface area contributed by atoms with Crippen molar-refractivity contribution < 1.29 is 4.79 Å². The van der Waals surface area contributed by atoms with Crippen LogP contribution in [0.25, 0.3) is 0 Å². The number of hydrogen-bond acceptors (Lipinski definition) is 3.